The lowest BCUT2D eigenvalue weighted by atomic mass is 10.1. The zero-order valence-corrected chi connectivity index (χ0v) is 9.76. The number of nitrogens with zero attached hydrogens (tertiary/aromatic N) is 4. The van der Waals surface area contributed by atoms with Crippen molar-refractivity contribution in [3.05, 3.63) is 35.9 Å². The number of aromatic hydroxyl groups is 1. The highest BCUT2D eigenvalue weighted by atomic mass is 35.5. The van der Waals surface area contributed by atoms with Crippen LogP contribution in [0.15, 0.2) is 30.9 Å². The monoisotopic (exact) mass is 248 g/mol. The minimum Gasteiger partial charge on any atom is -0.506 e. The van der Waals surface area contributed by atoms with Crippen LogP contribution >= 0.6 is 11.6 Å². The Labute approximate surface area is 102 Å². The third-order valence-electron chi connectivity index (χ3n) is 2.59. The zero-order chi connectivity index (χ0) is 12.0. The molecule has 0 aromatic carbocycles. The molecule has 0 radical (unpaired) electrons. The highest BCUT2D eigenvalue weighted by molar-refractivity contribution is 6.34. The molecular formula is C11H9ClN4O. The largest absolute Gasteiger partial charge is 0.506 e. The van der Waals surface area contributed by atoms with Gasteiger partial charge in [-0.2, -0.15) is 10.2 Å². The summed E-state index contributed by atoms with van der Waals surface area (Å²) in [5.74, 6) is 0.105. The Morgan fingerprint density at radius 1 is 1.18 bits per heavy atom. The van der Waals surface area contributed by atoms with Crippen LogP contribution in [0.3, 0.4) is 0 Å². The normalized spacial score (nSPS) is 11.2. The molecule has 86 valence electrons. The molecule has 0 bridgehead atoms. The van der Waals surface area contributed by atoms with Crippen molar-refractivity contribution < 1.29 is 5.11 Å². The van der Waals surface area contributed by atoms with Crippen LogP contribution in [-0.2, 0) is 7.05 Å². The van der Waals surface area contributed by atoms with Crippen LogP contribution in [0.25, 0.3) is 16.6 Å². The van der Waals surface area contributed by atoms with Crippen LogP contribution in [-0.4, -0.2) is 24.5 Å². The van der Waals surface area contributed by atoms with E-state index in [1.807, 2.05) is 13.2 Å². The lowest BCUT2D eigenvalue weighted by molar-refractivity contribution is 0.478. The maximum atomic E-state index is 9.92. The van der Waals surface area contributed by atoms with E-state index in [1.54, 1.807) is 27.7 Å². The van der Waals surface area contributed by atoms with Gasteiger partial charge in [-0.3, -0.25) is 4.68 Å². The van der Waals surface area contributed by atoms with Gasteiger partial charge in [0.1, 0.15) is 11.3 Å². The summed E-state index contributed by atoms with van der Waals surface area (Å²) in [5.41, 5.74) is 2.26. The number of fused-ring (bicyclic) bond motifs is 1. The average Bonchev–Trinajstić information content (AvgIpc) is 2.86. The predicted molar refractivity (Wildman–Crippen MR) is 64.1 cm³/mol. The summed E-state index contributed by atoms with van der Waals surface area (Å²) in [6.45, 7) is 0. The molecule has 3 rings (SSSR count). The van der Waals surface area contributed by atoms with E-state index in [-0.39, 0.29) is 5.75 Å². The second kappa shape index (κ2) is 3.49. The van der Waals surface area contributed by atoms with E-state index < -0.39 is 0 Å². The molecule has 5 nitrogen and oxygen atoms in total. The molecular weight excluding hydrogens is 240 g/mol. The molecule has 6 heteroatoms. The molecule has 0 spiro atoms. The van der Waals surface area contributed by atoms with Crippen LogP contribution in [0.4, 0.5) is 0 Å². The first-order valence-electron chi connectivity index (χ1n) is 5.00. The minimum atomic E-state index is 0.105. The number of pyridine rings is 1. The van der Waals surface area contributed by atoms with Crippen molar-refractivity contribution in [1.29, 1.82) is 0 Å². The standard InChI is InChI=1S/C11H9ClN4O/c1-15-5-8(3-13-15)7-2-10(17)11-9(12)4-14-16(11)6-7/h2-6,17H,1H3. The molecule has 0 fully saturated rings. The van der Waals surface area contributed by atoms with Crippen molar-refractivity contribution in [2.24, 2.45) is 7.05 Å². The smallest absolute Gasteiger partial charge is 0.143 e. The molecule has 0 aliphatic carbocycles. The number of rotatable bonds is 1. The molecule has 0 unspecified atom stereocenters. The summed E-state index contributed by atoms with van der Waals surface area (Å²) in [6.07, 6.45) is 6.90. The molecule has 0 aliphatic heterocycles. The average molecular weight is 249 g/mol. The summed E-state index contributed by atoms with van der Waals surface area (Å²) < 4.78 is 3.26. The third-order valence-corrected chi connectivity index (χ3v) is 2.86. The van der Waals surface area contributed by atoms with E-state index in [4.69, 9.17) is 11.6 Å². The van der Waals surface area contributed by atoms with E-state index in [0.29, 0.717) is 10.5 Å². The molecule has 17 heavy (non-hydrogen) atoms. The quantitative estimate of drug-likeness (QED) is 0.718. The SMILES string of the molecule is Cn1cc(-c2cc(O)c3c(Cl)cnn3c2)cn1. The molecule has 0 saturated carbocycles. The van der Waals surface area contributed by atoms with Crippen molar-refractivity contribution in [1.82, 2.24) is 19.4 Å². The fourth-order valence-corrected chi connectivity index (χ4v) is 2.02. The topological polar surface area (TPSA) is 55.3 Å². The Bertz CT molecular complexity index is 701. The Kier molecular flexibility index (Phi) is 2.09. The summed E-state index contributed by atoms with van der Waals surface area (Å²) >= 11 is 5.92. The fourth-order valence-electron chi connectivity index (χ4n) is 1.79. The molecule has 0 saturated heterocycles. The van der Waals surface area contributed by atoms with Crippen molar-refractivity contribution in [3.63, 3.8) is 0 Å². The highest BCUT2D eigenvalue weighted by Crippen LogP contribution is 2.30. The fraction of sp³-hybridized carbons (Fsp3) is 0.0909. The number of aryl methyl sites for hydroxylation is 1. The van der Waals surface area contributed by atoms with Gasteiger partial charge in [-0.15, -0.1) is 0 Å². The van der Waals surface area contributed by atoms with E-state index in [9.17, 15) is 5.11 Å². The first-order valence-corrected chi connectivity index (χ1v) is 5.38. The predicted octanol–water partition coefficient (Wildman–Crippen LogP) is 2.09. The molecule has 0 amide bonds. The maximum Gasteiger partial charge on any atom is 0.143 e. The van der Waals surface area contributed by atoms with Gasteiger partial charge in [-0.05, 0) is 6.07 Å². The van der Waals surface area contributed by atoms with E-state index >= 15 is 0 Å². The second-order valence-corrected chi connectivity index (χ2v) is 4.21. The van der Waals surface area contributed by atoms with Crippen molar-refractivity contribution >= 4 is 17.1 Å². The maximum absolute atomic E-state index is 9.92. The van der Waals surface area contributed by atoms with E-state index in [0.717, 1.165) is 11.1 Å². The lowest BCUT2D eigenvalue weighted by Gasteiger charge is -2.02. The first-order chi connectivity index (χ1) is 8.15. The van der Waals surface area contributed by atoms with Gasteiger partial charge < -0.3 is 5.11 Å². The minimum absolute atomic E-state index is 0.105. The van der Waals surface area contributed by atoms with Gasteiger partial charge in [-0.25, -0.2) is 4.52 Å². The van der Waals surface area contributed by atoms with Crippen LogP contribution in [0, 0.1) is 0 Å². The van der Waals surface area contributed by atoms with Crippen LogP contribution in [0.5, 0.6) is 5.75 Å². The Hall–Kier alpha value is -2.01. The first kappa shape index (κ1) is 10.2. The van der Waals surface area contributed by atoms with Gasteiger partial charge in [0.15, 0.2) is 0 Å². The summed E-state index contributed by atoms with van der Waals surface area (Å²) in [5, 5.41) is 18.5. The Balaban J connectivity index is 2.25. The molecule has 3 heterocycles. The summed E-state index contributed by atoms with van der Waals surface area (Å²) in [7, 11) is 1.84. The molecule has 3 aromatic heterocycles. The number of halogens is 1. The molecule has 0 atom stereocenters. The van der Waals surface area contributed by atoms with E-state index in [1.165, 1.54) is 6.20 Å². The second-order valence-electron chi connectivity index (χ2n) is 3.80. The van der Waals surface area contributed by atoms with Crippen molar-refractivity contribution in [2.75, 3.05) is 0 Å². The summed E-state index contributed by atoms with van der Waals surface area (Å²) in [4.78, 5) is 0. The van der Waals surface area contributed by atoms with Crippen molar-refractivity contribution in [2.45, 2.75) is 0 Å². The molecule has 1 N–H and O–H groups in total. The van der Waals surface area contributed by atoms with Gasteiger partial charge >= 0.3 is 0 Å². The van der Waals surface area contributed by atoms with Gasteiger partial charge in [0.25, 0.3) is 0 Å². The highest BCUT2D eigenvalue weighted by Gasteiger charge is 2.10. The van der Waals surface area contributed by atoms with Crippen LogP contribution in [0.1, 0.15) is 0 Å². The van der Waals surface area contributed by atoms with Crippen LogP contribution in [0.2, 0.25) is 5.02 Å². The Morgan fingerprint density at radius 3 is 2.71 bits per heavy atom. The molecule has 0 aliphatic rings. The lowest BCUT2D eigenvalue weighted by Crippen LogP contribution is -1.88. The molecule has 3 aromatic rings. The number of aromatic nitrogens is 4. The van der Waals surface area contributed by atoms with Gasteiger partial charge in [-0.1, -0.05) is 11.6 Å². The summed E-state index contributed by atoms with van der Waals surface area (Å²) in [6, 6.07) is 1.65. The van der Waals surface area contributed by atoms with Gasteiger partial charge in [0, 0.05) is 30.6 Å². The van der Waals surface area contributed by atoms with Crippen molar-refractivity contribution in [3.8, 4) is 16.9 Å². The third kappa shape index (κ3) is 1.55. The Morgan fingerprint density at radius 2 is 2.00 bits per heavy atom. The zero-order valence-electron chi connectivity index (χ0n) is 9.00. The van der Waals surface area contributed by atoms with Gasteiger partial charge in [0.05, 0.1) is 17.4 Å². The number of hydrogen-bond acceptors (Lipinski definition) is 3. The van der Waals surface area contributed by atoms with Crippen LogP contribution < -0.4 is 0 Å². The van der Waals surface area contributed by atoms with Gasteiger partial charge in [0.2, 0.25) is 0 Å². The van der Waals surface area contributed by atoms with E-state index in [2.05, 4.69) is 10.2 Å². The number of hydrogen-bond donors (Lipinski definition) is 1.